The third-order valence-electron chi connectivity index (χ3n) is 4.19. The fourth-order valence-corrected chi connectivity index (χ4v) is 3.27. The van der Waals surface area contributed by atoms with Gasteiger partial charge in [-0.25, -0.2) is 4.79 Å². The monoisotopic (exact) mass is 415 g/mol. The summed E-state index contributed by atoms with van der Waals surface area (Å²) >= 11 is 3.39. The van der Waals surface area contributed by atoms with Gasteiger partial charge < -0.3 is 25.0 Å². The van der Waals surface area contributed by atoms with Crippen LogP contribution in [0.5, 0.6) is 5.75 Å². The molecule has 0 saturated heterocycles. The lowest BCUT2D eigenvalue weighted by molar-refractivity contribution is -0.123. The van der Waals surface area contributed by atoms with Crippen LogP contribution >= 0.6 is 15.9 Å². The zero-order valence-corrected chi connectivity index (χ0v) is 15.7. The molecule has 1 aliphatic carbocycles. The lowest BCUT2D eigenvalue weighted by Gasteiger charge is -2.30. The van der Waals surface area contributed by atoms with Crippen LogP contribution in [0.25, 0.3) is 0 Å². The molecule has 0 bridgehead atoms. The molecule has 0 radical (unpaired) electrons. The van der Waals surface area contributed by atoms with Gasteiger partial charge in [0, 0.05) is 25.4 Å². The quantitative estimate of drug-likeness (QED) is 0.676. The van der Waals surface area contributed by atoms with E-state index in [0.717, 1.165) is 30.2 Å². The van der Waals surface area contributed by atoms with Crippen molar-refractivity contribution in [2.45, 2.75) is 50.8 Å². The average molecular weight is 416 g/mol. The van der Waals surface area contributed by atoms with Gasteiger partial charge in [0.1, 0.15) is 11.8 Å². The van der Waals surface area contributed by atoms with Gasteiger partial charge in [0.25, 0.3) is 5.56 Å². The van der Waals surface area contributed by atoms with E-state index in [-0.39, 0.29) is 23.6 Å². The predicted octanol–water partition coefficient (Wildman–Crippen LogP) is 1.61. The second kappa shape index (κ2) is 8.37. The Morgan fingerprint density at radius 3 is 2.60 bits per heavy atom. The van der Waals surface area contributed by atoms with E-state index in [0.29, 0.717) is 5.75 Å². The number of carbonyl (C=O) groups is 2. The first-order valence-corrected chi connectivity index (χ1v) is 8.88. The number of amides is 2. The van der Waals surface area contributed by atoms with E-state index < -0.39 is 12.1 Å². The lowest BCUT2D eigenvalue weighted by atomic mass is 9.92. The number of ether oxygens (including phenoxy) is 1. The molecule has 2 rings (SSSR count). The first kappa shape index (κ1) is 19.3. The Morgan fingerprint density at radius 1 is 1.36 bits per heavy atom. The van der Waals surface area contributed by atoms with Crippen LogP contribution < -0.4 is 20.9 Å². The molecule has 1 aromatic rings. The van der Waals surface area contributed by atoms with Crippen LogP contribution in [0.15, 0.2) is 21.5 Å². The molecule has 8 nitrogen and oxygen atoms in total. The molecule has 1 saturated carbocycles. The number of carbonyl (C=O) groups excluding carboxylic acids is 1. The Labute approximate surface area is 153 Å². The summed E-state index contributed by atoms with van der Waals surface area (Å²) in [5, 5.41) is 13.6. The molecule has 9 heteroatoms. The van der Waals surface area contributed by atoms with Gasteiger partial charge >= 0.3 is 6.09 Å². The van der Waals surface area contributed by atoms with Crippen molar-refractivity contribution in [2.75, 3.05) is 0 Å². The van der Waals surface area contributed by atoms with E-state index >= 15 is 0 Å². The Kier molecular flexibility index (Phi) is 6.46. The Balaban J connectivity index is 1.84. The molecule has 25 heavy (non-hydrogen) atoms. The van der Waals surface area contributed by atoms with Crippen molar-refractivity contribution in [1.29, 1.82) is 0 Å². The van der Waals surface area contributed by atoms with Crippen LogP contribution in [-0.2, 0) is 11.8 Å². The summed E-state index contributed by atoms with van der Waals surface area (Å²) in [5.74, 6) is 0.191. The fourth-order valence-electron chi connectivity index (χ4n) is 2.75. The summed E-state index contributed by atoms with van der Waals surface area (Å²) in [7, 11) is 1.67. The summed E-state index contributed by atoms with van der Waals surface area (Å²) in [6.45, 7) is 1.51. The molecule has 3 N–H and O–H groups in total. The minimum absolute atomic E-state index is 0.00233. The molecular weight excluding hydrogens is 394 g/mol. The maximum absolute atomic E-state index is 11.9. The molecule has 1 heterocycles. The van der Waals surface area contributed by atoms with Crippen molar-refractivity contribution >= 4 is 27.9 Å². The number of pyridine rings is 1. The summed E-state index contributed by atoms with van der Waals surface area (Å²) in [6.07, 6.45) is 3.38. The zero-order valence-electron chi connectivity index (χ0n) is 14.1. The van der Waals surface area contributed by atoms with E-state index in [1.54, 1.807) is 13.2 Å². The van der Waals surface area contributed by atoms with E-state index in [1.807, 2.05) is 0 Å². The van der Waals surface area contributed by atoms with Crippen molar-refractivity contribution in [2.24, 2.45) is 7.05 Å². The van der Waals surface area contributed by atoms with Gasteiger partial charge in [0.05, 0.1) is 10.6 Å². The van der Waals surface area contributed by atoms with E-state index in [1.165, 1.54) is 17.6 Å². The maximum atomic E-state index is 11.9. The van der Waals surface area contributed by atoms with Gasteiger partial charge in [0.2, 0.25) is 5.91 Å². The van der Waals surface area contributed by atoms with Crippen molar-refractivity contribution in [3.63, 3.8) is 0 Å². The zero-order chi connectivity index (χ0) is 18.6. The largest absolute Gasteiger partial charge is 0.489 e. The second-order valence-electron chi connectivity index (χ2n) is 6.21. The minimum Gasteiger partial charge on any atom is -0.489 e. The molecule has 1 atom stereocenters. The number of aromatic nitrogens is 1. The van der Waals surface area contributed by atoms with Crippen LogP contribution in [0, 0.1) is 0 Å². The summed E-state index contributed by atoms with van der Waals surface area (Å²) in [5.41, 5.74) is -0.140. The SMILES string of the molecule is CC(NC(=O)O)C(=O)NC1CCC(Oc2cc(=O)n(C)cc2Br)CC1. The molecule has 0 spiro atoms. The number of aryl methyl sites for hydroxylation is 1. The smallest absolute Gasteiger partial charge is 0.405 e. The molecule has 138 valence electrons. The topological polar surface area (TPSA) is 110 Å². The van der Waals surface area contributed by atoms with Crippen LogP contribution in [0.4, 0.5) is 4.79 Å². The van der Waals surface area contributed by atoms with Gasteiger partial charge in [-0.2, -0.15) is 0 Å². The van der Waals surface area contributed by atoms with Crippen molar-refractivity contribution in [3.05, 3.63) is 27.1 Å². The minimum atomic E-state index is -1.22. The summed E-state index contributed by atoms with van der Waals surface area (Å²) < 4.78 is 8.10. The van der Waals surface area contributed by atoms with E-state index in [2.05, 4.69) is 26.6 Å². The van der Waals surface area contributed by atoms with Gasteiger partial charge in [0.15, 0.2) is 0 Å². The third kappa shape index (κ3) is 5.48. The number of carboxylic acid groups (broad SMARTS) is 1. The number of rotatable bonds is 5. The Bertz CT molecular complexity index is 698. The fraction of sp³-hybridized carbons (Fsp3) is 0.562. The second-order valence-corrected chi connectivity index (χ2v) is 7.06. The predicted molar refractivity (Wildman–Crippen MR) is 94.8 cm³/mol. The number of nitrogens with one attached hydrogen (secondary N) is 2. The summed E-state index contributed by atoms with van der Waals surface area (Å²) in [4.78, 5) is 34.2. The van der Waals surface area contributed by atoms with Crippen LogP contribution in [-0.4, -0.2) is 39.9 Å². The highest BCUT2D eigenvalue weighted by atomic mass is 79.9. The van der Waals surface area contributed by atoms with Gasteiger partial charge in [-0.15, -0.1) is 0 Å². The lowest BCUT2D eigenvalue weighted by Crippen LogP contribution is -2.49. The average Bonchev–Trinajstić information content (AvgIpc) is 2.53. The highest BCUT2D eigenvalue weighted by molar-refractivity contribution is 9.10. The standard InChI is InChI=1S/C16H22BrN3O5/c1-9(18-16(23)24)15(22)19-10-3-5-11(6-4-10)25-13-7-14(21)20(2)8-12(13)17/h7-11,18H,3-6H2,1-2H3,(H,19,22)(H,23,24). The van der Waals surface area contributed by atoms with Gasteiger partial charge in [-0.05, 0) is 48.5 Å². The normalized spacial score (nSPS) is 21.2. The number of nitrogens with zero attached hydrogens (tertiary/aromatic N) is 1. The van der Waals surface area contributed by atoms with Crippen molar-refractivity contribution in [1.82, 2.24) is 15.2 Å². The number of hydrogen-bond acceptors (Lipinski definition) is 4. The first-order chi connectivity index (χ1) is 11.8. The molecule has 2 amide bonds. The molecule has 0 aliphatic heterocycles. The molecule has 1 unspecified atom stereocenters. The molecule has 1 aromatic heterocycles. The highest BCUT2D eigenvalue weighted by Gasteiger charge is 2.26. The van der Waals surface area contributed by atoms with Crippen LogP contribution in [0.3, 0.4) is 0 Å². The highest BCUT2D eigenvalue weighted by Crippen LogP contribution is 2.28. The van der Waals surface area contributed by atoms with Crippen molar-refractivity contribution < 1.29 is 19.4 Å². The molecule has 0 aromatic carbocycles. The molecule has 1 fully saturated rings. The van der Waals surface area contributed by atoms with Gasteiger partial charge in [-0.3, -0.25) is 9.59 Å². The van der Waals surface area contributed by atoms with Crippen molar-refractivity contribution in [3.8, 4) is 5.75 Å². The first-order valence-electron chi connectivity index (χ1n) is 8.09. The van der Waals surface area contributed by atoms with Crippen LogP contribution in [0.1, 0.15) is 32.6 Å². The molecular formula is C16H22BrN3O5. The third-order valence-corrected chi connectivity index (χ3v) is 4.79. The number of halogens is 1. The van der Waals surface area contributed by atoms with E-state index in [9.17, 15) is 14.4 Å². The molecule has 1 aliphatic rings. The van der Waals surface area contributed by atoms with Crippen LogP contribution in [0.2, 0.25) is 0 Å². The maximum Gasteiger partial charge on any atom is 0.405 e. The number of hydrogen-bond donors (Lipinski definition) is 3. The Hall–Kier alpha value is -2.03. The van der Waals surface area contributed by atoms with E-state index in [4.69, 9.17) is 9.84 Å². The Morgan fingerprint density at radius 2 is 2.00 bits per heavy atom. The summed E-state index contributed by atoms with van der Waals surface area (Å²) in [6, 6.07) is 0.664. The van der Waals surface area contributed by atoms with Gasteiger partial charge in [-0.1, -0.05) is 0 Å².